The zero-order valence-electron chi connectivity index (χ0n) is 9.93. The number of hydrogen-bond donors (Lipinski definition) is 1. The second kappa shape index (κ2) is 5.83. The molecule has 0 bridgehead atoms. The number of carboxylic acid groups (broad SMARTS) is 1. The molecule has 100 valence electrons. The average Bonchev–Trinajstić information content (AvgIpc) is 2.42. The van der Waals surface area contributed by atoms with Crippen molar-refractivity contribution in [3.05, 3.63) is 57.6 Å². The third kappa shape index (κ3) is 3.02. The van der Waals surface area contributed by atoms with Crippen molar-refractivity contribution in [3.63, 3.8) is 0 Å². The molecular formula is C14H7Cl2NO3. The maximum atomic E-state index is 11.1. The van der Waals surface area contributed by atoms with Crippen LogP contribution in [0.5, 0.6) is 11.5 Å². The number of ether oxygens (including phenoxy) is 1. The highest BCUT2D eigenvalue weighted by atomic mass is 35.5. The highest BCUT2D eigenvalue weighted by Gasteiger charge is 2.14. The second-order valence-corrected chi connectivity index (χ2v) is 4.65. The molecule has 0 aliphatic heterocycles. The highest BCUT2D eigenvalue weighted by Crippen LogP contribution is 2.33. The van der Waals surface area contributed by atoms with Crippen molar-refractivity contribution in [1.29, 1.82) is 5.26 Å². The Balaban J connectivity index is 2.40. The minimum atomic E-state index is -1.16. The summed E-state index contributed by atoms with van der Waals surface area (Å²) in [6, 6.07) is 10.7. The first-order valence-corrected chi connectivity index (χ1v) is 6.17. The van der Waals surface area contributed by atoms with Crippen molar-refractivity contribution >= 4 is 29.2 Å². The van der Waals surface area contributed by atoms with Gasteiger partial charge in [0, 0.05) is 5.02 Å². The molecule has 0 saturated carbocycles. The summed E-state index contributed by atoms with van der Waals surface area (Å²) in [5.41, 5.74) is 0.315. The Bertz CT molecular complexity index is 723. The molecule has 0 spiro atoms. The van der Waals surface area contributed by atoms with Gasteiger partial charge in [0.15, 0.2) is 0 Å². The number of rotatable bonds is 3. The van der Waals surface area contributed by atoms with Crippen molar-refractivity contribution in [2.24, 2.45) is 0 Å². The van der Waals surface area contributed by atoms with Crippen molar-refractivity contribution in [2.75, 3.05) is 0 Å². The van der Waals surface area contributed by atoms with E-state index in [0.29, 0.717) is 10.6 Å². The molecule has 0 unspecified atom stereocenters. The van der Waals surface area contributed by atoms with Gasteiger partial charge in [-0.1, -0.05) is 23.2 Å². The van der Waals surface area contributed by atoms with Gasteiger partial charge in [-0.05, 0) is 36.4 Å². The monoisotopic (exact) mass is 307 g/mol. The summed E-state index contributed by atoms with van der Waals surface area (Å²) in [7, 11) is 0. The van der Waals surface area contributed by atoms with Crippen LogP contribution in [0.3, 0.4) is 0 Å². The fourth-order valence-corrected chi connectivity index (χ4v) is 1.92. The molecule has 0 saturated heterocycles. The van der Waals surface area contributed by atoms with Crippen LogP contribution >= 0.6 is 23.2 Å². The molecule has 2 aromatic carbocycles. The summed E-state index contributed by atoms with van der Waals surface area (Å²) in [5.74, 6) is -0.781. The molecule has 2 aromatic rings. The van der Waals surface area contributed by atoms with Crippen molar-refractivity contribution in [2.45, 2.75) is 0 Å². The fourth-order valence-electron chi connectivity index (χ4n) is 1.53. The number of halogens is 2. The van der Waals surface area contributed by atoms with E-state index in [1.807, 2.05) is 6.07 Å². The summed E-state index contributed by atoms with van der Waals surface area (Å²) in [4.78, 5) is 11.1. The third-order valence-electron chi connectivity index (χ3n) is 2.45. The predicted octanol–water partition coefficient (Wildman–Crippen LogP) is 4.36. The second-order valence-electron chi connectivity index (χ2n) is 3.80. The van der Waals surface area contributed by atoms with E-state index in [2.05, 4.69) is 0 Å². The van der Waals surface area contributed by atoms with Gasteiger partial charge in [-0.2, -0.15) is 5.26 Å². The molecule has 0 atom stereocenters. The first-order chi connectivity index (χ1) is 9.51. The van der Waals surface area contributed by atoms with Gasteiger partial charge < -0.3 is 9.84 Å². The van der Waals surface area contributed by atoms with Gasteiger partial charge in [0.2, 0.25) is 0 Å². The number of hydrogen-bond acceptors (Lipinski definition) is 3. The summed E-state index contributed by atoms with van der Waals surface area (Å²) >= 11 is 11.7. The van der Waals surface area contributed by atoms with Gasteiger partial charge in [0.1, 0.15) is 17.1 Å². The standard InChI is InChI=1S/C14H7Cl2NO3/c15-9-2-4-12(10(6-9)14(18)19)20-13-3-1-8(7-17)5-11(13)16/h1-6H,(H,18,19). The van der Waals surface area contributed by atoms with Crippen LogP contribution in [0, 0.1) is 11.3 Å². The van der Waals surface area contributed by atoms with Crippen LogP contribution in [0.1, 0.15) is 15.9 Å². The minimum Gasteiger partial charge on any atom is -0.478 e. The van der Waals surface area contributed by atoms with E-state index in [1.165, 1.54) is 36.4 Å². The Morgan fingerprint density at radius 2 is 1.85 bits per heavy atom. The molecule has 0 aliphatic carbocycles. The first kappa shape index (κ1) is 14.2. The number of carbonyl (C=O) groups is 1. The Labute approximate surface area is 124 Å². The van der Waals surface area contributed by atoms with E-state index in [-0.39, 0.29) is 22.1 Å². The molecule has 20 heavy (non-hydrogen) atoms. The molecule has 4 nitrogen and oxygen atoms in total. The number of benzene rings is 2. The van der Waals surface area contributed by atoms with Gasteiger partial charge in [0.05, 0.1) is 16.7 Å². The summed E-state index contributed by atoms with van der Waals surface area (Å²) in [6.07, 6.45) is 0. The lowest BCUT2D eigenvalue weighted by Crippen LogP contribution is -2.00. The Kier molecular flexibility index (Phi) is 4.14. The lowest BCUT2D eigenvalue weighted by molar-refractivity contribution is 0.0694. The smallest absolute Gasteiger partial charge is 0.339 e. The van der Waals surface area contributed by atoms with E-state index in [0.717, 1.165) is 0 Å². The maximum Gasteiger partial charge on any atom is 0.339 e. The lowest BCUT2D eigenvalue weighted by Gasteiger charge is -2.10. The van der Waals surface area contributed by atoms with Crippen LogP contribution in [-0.4, -0.2) is 11.1 Å². The minimum absolute atomic E-state index is 0.0714. The summed E-state index contributed by atoms with van der Waals surface area (Å²) < 4.78 is 5.48. The molecular weight excluding hydrogens is 301 g/mol. The molecule has 0 aliphatic rings. The normalized spacial score (nSPS) is 9.85. The van der Waals surface area contributed by atoms with E-state index >= 15 is 0 Å². The maximum absolute atomic E-state index is 11.1. The predicted molar refractivity (Wildman–Crippen MR) is 74.7 cm³/mol. The van der Waals surface area contributed by atoms with Crippen LogP contribution in [0.25, 0.3) is 0 Å². The van der Waals surface area contributed by atoms with Gasteiger partial charge in [-0.15, -0.1) is 0 Å². The van der Waals surface area contributed by atoms with Gasteiger partial charge in [0.25, 0.3) is 0 Å². The van der Waals surface area contributed by atoms with Crippen LogP contribution in [0.2, 0.25) is 10.0 Å². The third-order valence-corrected chi connectivity index (χ3v) is 2.98. The van der Waals surface area contributed by atoms with Crippen molar-refractivity contribution < 1.29 is 14.6 Å². The van der Waals surface area contributed by atoms with Crippen LogP contribution in [0.4, 0.5) is 0 Å². The number of nitriles is 1. The summed E-state index contributed by atoms with van der Waals surface area (Å²) in [5, 5.41) is 18.4. The van der Waals surface area contributed by atoms with Gasteiger partial charge in [-0.3, -0.25) is 0 Å². The Morgan fingerprint density at radius 3 is 2.45 bits per heavy atom. The Morgan fingerprint density at radius 1 is 1.15 bits per heavy atom. The zero-order valence-corrected chi connectivity index (χ0v) is 11.4. The number of carboxylic acids is 1. The van der Waals surface area contributed by atoms with Gasteiger partial charge >= 0.3 is 5.97 Å². The molecule has 0 heterocycles. The molecule has 6 heteroatoms. The van der Waals surface area contributed by atoms with Crippen molar-refractivity contribution in [1.82, 2.24) is 0 Å². The van der Waals surface area contributed by atoms with E-state index < -0.39 is 5.97 Å². The topological polar surface area (TPSA) is 70.3 Å². The molecule has 0 amide bonds. The van der Waals surface area contributed by atoms with Crippen LogP contribution in [0.15, 0.2) is 36.4 Å². The first-order valence-electron chi connectivity index (χ1n) is 5.41. The molecule has 0 fully saturated rings. The summed E-state index contributed by atoms with van der Waals surface area (Å²) in [6.45, 7) is 0. The number of nitrogens with zero attached hydrogens (tertiary/aromatic N) is 1. The lowest BCUT2D eigenvalue weighted by atomic mass is 10.2. The average molecular weight is 308 g/mol. The van der Waals surface area contributed by atoms with E-state index in [4.69, 9.17) is 38.3 Å². The molecule has 1 N–H and O–H groups in total. The van der Waals surface area contributed by atoms with Gasteiger partial charge in [-0.25, -0.2) is 4.79 Å². The Hall–Kier alpha value is -2.22. The highest BCUT2D eigenvalue weighted by molar-refractivity contribution is 6.32. The molecule has 0 radical (unpaired) electrons. The van der Waals surface area contributed by atoms with Crippen LogP contribution in [-0.2, 0) is 0 Å². The quantitative estimate of drug-likeness (QED) is 0.914. The molecule has 2 rings (SSSR count). The fraction of sp³-hybridized carbons (Fsp3) is 0. The van der Waals surface area contributed by atoms with E-state index in [1.54, 1.807) is 0 Å². The van der Waals surface area contributed by atoms with E-state index in [9.17, 15) is 4.79 Å². The molecule has 0 aromatic heterocycles. The van der Waals surface area contributed by atoms with Crippen LogP contribution < -0.4 is 4.74 Å². The van der Waals surface area contributed by atoms with Crippen molar-refractivity contribution in [3.8, 4) is 17.6 Å². The largest absolute Gasteiger partial charge is 0.478 e. The number of aromatic carboxylic acids is 1. The SMILES string of the molecule is N#Cc1ccc(Oc2ccc(Cl)cc2C(=O)O)c(Cl)c1. The zero-order chi connectivity index (χ0) is 14.7.